The van der Waals surface area contributed by atoms with E-state index in [0.29, 0.717) is 23.8 Å². The van der Waals surface area contributed by atoms with Gasteiger partial charge >= 0.3 is 12.5 Å². The third-order valence-electron chi connectivity index (χ3n) is 5.20. The van der Waals surface area contributed by atoms with Crippen molar-refractivity contribution in [3.05, 3.63) is 54.1 Å². The zero-order valence-corrected chi connectivity index (χ0v) is 20.0. The number of anilines is 1. The minimum absolute atomic E-state index is 0.145. The maximum atomic E-state index is 12.6. The van der Waals surface area contributed by atoms with Gasteiger partial charge in [0.05, 0.1) is 32.0 Å². The molecule has 0 aliphatic carbocycles. The standard InChI is InChI=1S/C24H27F3N4O5/c1-4-13-35-18-9-5-16(6-10-18)22-20(30(2)23(33)34-3)14-31(29-22)15-21(32)28-17-7-11-19(12-8-17)36-24(25,26)27/h5-12,20H,4,13-15H2,1-3H3,(H,28,32). The summed E-state index contributed by atoms with van der Waals surface area (Å²) in [6.07, 6.45) is -4.47. The quantitative estimate of drug-likeness (QED) is 0.549. The number of alkyl halides is 3. The third-order valence-corrected chi connectivity index (χ3v) is 5.20. The molecule has 9 nitrogen and oxygen atoms in total. The first kappa shape index (κ1) is 26.6. The van der Waals surface area contributed by atoms with E-state index in [2.05, 4.69) is 15.2 Å². The molecule has 0 spiro atoms. The normalized spacial score (nSPS) is 15.2. The van der Waals surface area contributed by atoms with Crippen molar-refractivity contribution in [1.29, 1.82) is 0 Å². The average molecular weight is 508 g/mol. The first-order valence-corrected chi connectivity index (χ1v) is 11.1. The highest BCUT2D eigenvalue weighted by Crippen LogP contribution is 2.24. The fourth-order valence-electron chi connectivity index (χ4n) is 3.52. The molecule has 194 valence electrons. The second-order valence-electron chi connectivity index (χ2n) is 7.92. The summed E-state index contributed by atoms with van der Waals surface area (Å²) in [4.78, 5) is 26.2. The lowest BCUT2D eigenvalue weighted by Crippen LogP contribution is -2.44. The van der Waals surface area contributed by atoms with Gasteiger partial charge in [-0.15, -0.1) is 13.2 Å². The Morgan fingerprint density at radius 2 is 1.75 bits per heavy atom. The van der Waals surface area contributed by atoms with Crippen LogP contribution >= 0.6 is 0 Å². The third kappa shape index (κ3) is 7.27. The number of methoxy groups -OCH3 is 1. The molecule has 0 bridgehead atoms. The zero-order chi connectivity index (χ0) is 26.3. The number of nitrogens with one attached hydrogen (secondary N) is 1. The van der Waals surface area contributed by atoms with E-state index in [4.69, 9.17) is 9.47 Å². The van der Waals surface area contributed by atoms with Gasteiger partial charge in [-0.2, -0.15) is 5.10 Å². The van der Waals surface area contributed by atoms with Crippen LogP contribution in [0.2, 0.25) is 0 Å². The largest absolute Gasteiger partial charge is 0.573 e. The van der Waals surface area contributed by atoms with Crippen molar-refractivity contribution in [2.45, 2.75) is 25.7 Å². The molecule has 0 radical (unpaired) electrons. The van der Waals surface area contributed by atoms with E-state index in [-0.39, 0.29) is 13.1 Å². The maximum absolute atomic E-state index is 12.6. The molecule has 1 N–H and O–H groups in total. The van der Waals surface area contributed by atoms with E-state index in [1.165, 1.54) is 29.2 Å². The number of halogens is 3. The first-order valence-electron chi connectivity index (χ1n) is 11.1. The van der Waals surface area contributed by atoms with Gasteiger partial charge in [0, 0.05) is 18.3 Å². The summed E-state index contributed by atoms with van der Waals surface area (Å²) < 4.78 is 51.2. The lowest BCUT2D eigenvalue weighted by molar-refractivity contribution is -0.274. The Morgan fingerprint density at radius 3 is 2.33 bits per heavy atom. The van der Waals surface area contributed by atoms with Crippen LogP contribution in [0, 0.1) is 0 Å². The van der Waals surface area contributed by atoms with Crippen LogP contribution in [0.5, 0.6) is 11.5 Å². The van der Waals surface area contributed by atoms with Gasteiger partial charge in [-0.05, 0) is 55.0 Å². The van der Waals surface area contributed by atoms with E-state index in [1.807, 2.05) is 31.2 Å². The summed E-state index contributed by atoms with van der Waals surface area (Å²) in [5, 5.41) is 8.68. The van der Waals surface area contributed by atoms with E-state index in [1.54, 1.807) is 7.05 Å². The van der Waals surface area contributed by atoms with Crippen molar-refractivity contribution >= 4 is 23.4 Å². The lowest BCUT2D eigenvalue weighted by atomic mass is 10.0. The van der Waals surface area contributed by atoms with E-state index >= 15 is 0 Å². The van der Waals surface area contributed by atoms with Crippen molar-refractivity contribution in [3.63, 3.8) is 0 Å². The Hall–Kier alpha value is -3.96. The summed E-state index contributed by atoms with van der Waals surface area (Å²) in [5.74, 6) is -0.124. The van der Waals surface area contributed by atoms with E-state index < -0.39 is 30.2 Å². The lowest BCUT2D eigenvalue weighted by Gasteiger charge is -2.24. The van der Waals surface area contributed by atoms with Crippen LogP contribution in [0.3, 0.4) is 0 Å². The van der Waals surface area contributed by atoms with Gasteiger partial charge < -0.3 is 24.4 Å². The van der Waals surface area contributed by atoms with Crippen molar-refractivity contribution in [2.24, 2.45) is 5.10 Å². The number of ether oxygens (including phenoxy) is 3. The highest BCUT2D eigenvalue weighted by molar-refractivity contribution is 6.06. The molecule has 1 heterocycles. The van der Waals surface area contributed by atoms with Crippen LogP contribution in [0.15, 0.2) is 53.6 Å². The number of rotatable bonds is 9. The van der Waals surface area contributed by atoms with E-state index in [9.17, 15) is 22.8 Å². The number of amides is 2. The molecule has 2 amide bonds. The van der Waals surface area contributed by atoms with Crippen molar-refractivity contribution < 1.29 is 37.0 Å². The number of carbonyl (C=O) groups excluding carboxylic acids is 2. The second-order valence-corrected chi connectivity index (χ2v) is 7.92. The molecule has 1 aliphatic heterocycles. The molecule has 0 saturated carbocycles. The predicted octanol–water partition coefficient (Wildman–Crippen LogP) is 4.10. The Bertz CT molecular complexity index is 1070. The van der Waals surface area contributed by atoms with Gasteiger partial charge in [0.2, 0.25) is 5.91 Å². The van der Waals surface area contributed by atoms with Crippen LogP contribution < -0.4 is 14.8 Å². The maximum Gasteiger partial charge on any atom is 0.573 e. The van der Waals surface area contributed by atoms with Gasteiger partial charge in [-0.25, -0.2) is 4.79 Å². The molecule has 0 aromatic heterocycles. The number of benzene rings is 2. The number of carbonyl (C=O) groups is 2. The summed E-state index contributed by atoms with van der Waals surface area (Å²) in [6, 6.07) is 11.6. The van der Waals surface area contributed by atoms with Gasteiger partial charge in [0.1, 0.15) is 18.0 Å². The topological polar surface area (TPSA) is 92.7 Å². The SMILES string of the molecule is CCCOc1ccc(C2=NN(CC(=O)Nc3ccc(OC(F)(F)F)cc3)CC2N(C)C(=O)OC)cc1. The fraction of sp³-hybridized carbons (Fsp3) is 0.375. The summed E-state index contributed by atoms with van der Waals surface area (Å²) in [6.45, 7) is 2.69. The highest BCUT2D eigenvalue weighted by atomic mass is 19.4. The van der Waals surface area contributed by atoms with Gasteiger partial charge in [-0.3, -0.25) is 9.80 Å². The minimum Gasteiger partial charge on any atom is -0.494 e. The van der Waals surface area contributed by atoms with Crippen LogP contribution in [-0.4, -0.2) is 73.9 Å². The second kappa shape index (κ2) is 11.6. The zero-order valence-electron chi connectivity index (χ0n) is 20.0. The highest BCUT2D eigenvalue weighted by Gasteiger charge is 2.34. The van der Waals surface area contributed by atoms with Crippen molar-refractivity contribution in [2.75, 3.05) is 39.2 Å². The molecule has 12 heteroatoms. The summed E-state index contributed by atoms with van der Waals surface area (Å²) in [5.41, 5.74) is 1.62. The molecule has 0 fully saturated rings. The van der Waals surface area contributed by atoms with Crippen molar-refractivity contribution in [3.8, 4) is 11.5 Å². The molecule has 1 atom stereocenters. The number of hydrazone groups is 1. The number of nitrogens with zero attached hydrogens (tertiary/aromatic N) is 3. The van der Waals surface area contributed by atoms with E-state index in [0.717, 1.165) is 24.1 Å². The Labute approximate surface area is 206 Å². The summed E-state index contributed by atoms with van der Waals surface area (Å²) >= 11 is 0. The van der Waals surface area contributed by atoms with Gasteiger partial charge in [-0.1, -0.05) is 6.92 Å². The van der Waals surface area contributed by atoms with Crippen LogP contribution in [0.1, 0.15) is 18.9 Å². The fourth-order valence-corrected chi connectivity index (χ4v) is 3.52. The molecule has 1 unspecified atom stereocenters. The van der Waals surface area contributed by atoms with Gasteiger partial charge in [0.25, 0.3) is 0 Å². The molecular weight excluding hydrogens is 481 g/mol. The number of hydrogen-bond donors (Lipinski definition) is 1. The molecule has 3 rings (SSSR count). The minimum atomic E-state index is -4.80. The molecule has 1 aliphatic rings. The predicted molar refractivity (Wildman–Crippen MR) is 126 cm³/mol. The number of likely N-dealkylation sites (N-methyl/N-ethyl adjacent to an activating group) is 1. The van der Waals surface area contributed by atoms with Crippen LogP contribution in [0.25, 0.3) is 0 Å². The molecule has 2 aromatic carbocycles. The molecule has 0 saturated heterocycles. The Morgan fingerprint density at radius 1 is 1.11 bits per heavy atom. The first-order chi connectivity index (χ1) is 17.1. The Kier molecular flexibility index (Phi) is 8.62. The number of hydrogen-bond acceptors (Lipinski definition) is 7. The Balaban J connectivity index is 1.70. The van der Waals surface area contributed by atoms with Crippen molar-refractivity contribution in [1.82, 2.24) is 9.91 Å². The summed E-state index contributed by atoms with van der Waals surface area (Å²) in [7, 11) is 2.86. The molecule has 2 aromatic rings. The van der Waals surface area contributed by atoms with Crippen LogP contribution in [-0.2, 0) is 9.53 Å². The smallest absolute Gasteiger partial charge is 0.494 e. The van der Waals surface area contributed by atoms with Gasteiger partial charge in [0.15, 0.2) is 0 Å². The average Bonchev–Trinajstić information content (AvgIpc) is 3.25. The monoisotopic (exact) mass is 508 g/mol. The molecule has 36 heavy (non-hydrogen) atoms. The van der Waals surface area contributed by atoms with Crippen LogP contribution in [0.4, 0.5) is 23.7 Å². The molecular formula is C24H27F3N4O5.